The Morgan fingerprint density at radius 3 is 2.31 bits per heavy atom. The lowest BCUT2D eigenvalue weighted by Gasteiger charge is -2.44. The van der Waals surface area contributed by atoms with E-state index in [-0.39, 0.29) is 35.2 Å². The van der Waals surface area contributed by atoms with Crippen molar-refractivity contribution in [2.45, 2.75) is 115 Å². The first-order valence-electron chi connectivity index (χ1n) is 16.9. The third-order valence-electron chi connectivity index (χ3n) is 10.7. The minimum atomic E-state index is -2.29. The van der Waals surface area contributed by atoms with Crippen LogP contribution in [0.5, 0.6) is 11.5 Å². The Balaban J connectivity index is 1.34. The Bertz CT molecular complexity index is 1810. The van der Waals surface area contributed by atoms with Gasteiger partial charge in [-0.3, -0.25) is 0 Å². The molecule has 266 valence electrons. The van der Waals surface area contributed by atoms with Crippen LogP contribution < -0.4 is 15.2 Å². The van der Waals surface area contributed by atoms with E-state index in [0.717, 1.165) is 33.7 Å². The maximum atomic E-state index is 7.33. The molecule has 11 nitrogen and oxygen atoms in total. The number of nitrogens with zero attached hydrogens (tertiary/aromatic N) is 4. The van der Waals surface area contributed by atoms with E-state index in [2.05, 4.69) is 87.4 Å². The number of hydrogen-bond acceptors (Lipinski definition) is 11. The van der Waals surface area contributed by atoms with Gasteiger partial charge in [-0.25, -0.2) is 9.97 Å². The van der Waals surface area contributed by atoms with Crippen molar-refractivity contribution in [3.8, 4) is 22.8 Å². The van der Waals surface area contributed by atoms with Crippen LogP contribution in [0.1, 0.15) is 59.0 Å². The zero-order chi connectivity index (χ0) is 35.5. The number of hydrogen-bond donors (Lipinski definition) is 1. The van der Waals surface area contributed by atoms with Crippen LogP contribution >= 0.6 is 11.8 Å². The molecule has 0 bridgehead atoms. The number of nitrogens with two attached hydrogens (primary N) is 1. The van der Waals surface area contributed by atoms with E-state index in [1.165, 1.54) is 6.33 Å². The van der Waals surface area contributed by atoms with Crippen LogP contribution in [0.4, 0.5) is 5.82 Å². The number of rotatable bonds is 10. The summed E-state index contributed by atoms with van der Waals surface area (Å²) in [5.74, 6) is 3.97. The second-order valence-electron chi connectivity index (χ2n) is 16.1. The van der Waals surface area contributed by atoms with Crippen molar-refractivity contribution in [1.82, 2.24) is 19.7 Å². The SMILES string of the molecule is Cc1noc(-c2ccc3c(c2)OCO3)c1CSC[C@H]1O[C@@H](n2ccc3c(N)ncnc32)[C@H](O[Si](C)(C)C(C)(C)C)[C@@H]1O[Si](C)(C)C(C)(C)C. The van der Waals surface area contributed by atoms with Crippen LogP contribution in [-0.4, -0.2) is 67.2 Å². The molecule has 5 heterocycles. The van der Waals surface area contributed by atoms with Crippen LogP contribution in [0.25, 0.3) is 22.4 Å². The molecule has 2 aliphatic rings. The fourth-order valence-electron chi connectivity index (χ4n) is 5.66. The number of ether oxygens (including phenoxy) is 3. The molecule has 0 amide bonds. The number of aromatic nitrogens is 4. The molecular weight excluding hydrogens is 675 g/mol. The molecule has 2 aliphatic heterocycles. The molecule has 0 saturated carbocycles. The van der Waals surface area contributed by atoms with E-state index in [9.17, 15) is 0 Å². The molecule has 1 saturated heterocycles. The van der Waals surface area contributed by atoms with Crippen molar-refractivity contribution < 1.29 is 27.6 Å². The minimum absolute atomic E-state index is 0.00871. The van der Waals surface area contributed by atoms with Gasteiger partial charge in [0.25, 0.3) is 0 Å². The van der Waals surface area contributed by atoms with Gasteiger partial charge in [0.2, 0.25) is 6.79 Å². The van der Waals surface area contributed by atoms with Gasteiger partial charge in [-0.1, -0.05) is 46.7 Å². The largest absolute Gasteiger partial charge is 0.454 e. The number of fused-ring (bicyclic) bond motifs is 2. The average Bonchev–Trinajstić information content (AvgIpc) is 3.79. The lowest BCUT2D eigenvalue weighted by atomic mass is 10.1. The molecule has 3 aromatic heterocycles. The summed E-state index contributed by atoms with van der Waals surface area (Å²) in [4.78, 5) is 8.85. The Kier molecular flexibility index (Phi) is 9.55. The van der Waals surface area contributed by atoms with Crippen molar-refractivity contribution in [2.75, 3.05) is 18.3 Å². The van der Waals surface area contributed by atoms with E-state index >= 15 is 0 Å². The highest BCUT2D eigenvalue weighted by atomic mass is 32.2. The third kappa shape index (κ3) is 6.92. The number of aryl methyl sites for hydroxylation is 1. The highest BCUT2D eigenvalue weighted by Gasteiger charge is 2.54. The minimum Gasteiger partial charge on any atom is -0.454 e. The number of benzene rings is 1. The molecule has 0 unspecified atom stereocenters. The standard InChI is InChI=1S/C35H51N5O6SSi2/c1-21-24(28(44-39-21)22-12-13-25-26(16-22)42-20-41-25)17-47-18-27-29(45-48(8,9)34(2,3)4)30(46-49(10,11)35(5,6)7)33(43-27)40-15-14-23-31(36)37-19-38-32(23)40/h12-16,19,27,29-30,33H,17-18,20H2,1-11H3,(H2,36,37,38)/t27-,29-,30-,33-/m1/s1. The summed E-state index contributed by atoms with van der Waals surface area (Å²) in [6.07, 6.45) is 2.09. The quantitative estimate of drug-likeness (QED) is 0.159. The van der Waals surface area contributed by atoms with Crippen molar-refractivity contribution in [3.63, 3.8) is 0 Å². The zero-order valence-corrected chi connectivity index (χ0v) is 33.4. The van der Waals surface area contributed by atoms with Gasteiger partial charge in [0, 0.05) is 28.8 Å². The first-order valence-corrected chi connectivity index (χ1v) is 23.9. The van der Waals surface area contributed by atoms with Crippen molar-refractivity contribution >= 4 is 45.2 Å². The van der Waals surface area contributed by atoms with Gasteiger partial charge < -0.3 is 37.9 Å². The van der Waals surface area contributed by atoms with Gasteiger partial charge in [-0.15, -0.1) is 0 Å². The summed E-state index contributed by atoms with van der Waals surface area (Å²) < 4.78 is 40.8. The monoisotopic (exact) mass is 725 g/mol. The summed E-state index contributed by atoms with van der Waals surface area (Å²) >= 11 is 1.78. The molecule has 2 N–H and O–H groups in total. The number of thioether (sulfide) groups is 1. The normalized spacial score (nSPS) is 21.6. The maximum Gasteiger partial charge on any atom is 0.231 e. The van der Waals surface area contributed by atoms with Gasteiger partial charge >= 0.3 is 0 Å². The molecule has 4 atom stereocenters. The van der Waals surface area contributed by atoms with Crippen LogP contribution in [-0.2, 0) is 19.3 Å². The highest BCUT2D eigenvalue weighted by molar-refractivity contribution is 7.98. The molecule has 14 heteroatoms. The Hall–Kier alpha value is -2.89. The summed E-state index contributed by atoms with van der Waals surface area (Å²) in [5, 5.41) is 5.09. The molecule has 6 rings (SSSR count). The molecular formula is C35H51N5O6SSi2. The average molecular weight is 726 g/mol. The molecule has 49 heavy (non-hydrogen) atoms. The fraction of sp³-hybridized carbons (Fsp3) is 0.571. The first kappa shape index (κ1) is 35.9. The number of nitrogen functional groups attached to an aromatic ring is 1. The predicted octanol–water partition coefficient (Wildman–Crippen LogP) is 8.32. The molecule has 1 fully saturated rings. The lowest BCUT2D eigenvalue weighted by Crippen LogP contribution is -2.53. The maximum absolute atomic E-state index is 7.33. The Labute approximate surface area is 295 Å². The summed E-state index contributed by atoms with van der Waals surface area (Å²) in [6.45, 7) is 25.0. The molecule has 0 radical (unpaired) electrons. The first-order chi connectivity index (χ1) is 22.9. The third-order valence-corrected chi connectivity index (χ3v) is 20.7. The number of anilines is 1. The van der Waals surface area contributed by atoms with Crippen molar-refractivity contribution in [1.29, 1.82) is 0 Å². The highest BCUT2D eigenvalue weighted by Crippen LogP contribution is 2.47. The van der Waals surface area contributed by atoms with E-state index in [0.29, 0.717) is 28.7 Å². The van der Waals surface area contributed by atoms with E-state index in [4.69, 9.17) is 33.3 Å². The van der Waals surface area contributed by atoms with E-state index < -0.39 is 22.9 Å². The van der Waals surface area contributed by atoms with E-state index in [1.807, 2.05) is 37.4 Å². The Morgan fingerprint density at radius 1 is 0.939 bits per heavy atom. The summed E-state index contributed by atoms with van der Waals surface area (Å²) in [6, 6.07) is 7.80. The van der Waals surface area contributed by atoms with Crippen LogP contribution in [0.15, 0.2) is 41.3 Å². The Morgan fingerprint density at radius 2 is 1.61 bits per heavy atom. The van der Waals surface area contributed by atoms with Crippen LogP contribution in [0.2, 0.25) is 36.3 Å². The predicted molar refractivity (Wildman–Crippen MR) is 199 cm³/mol. The second kappa shape index (κ2) is 13.0. The molecule has 0 spiro atoms. The van der Waals surface area contributed by atoms with Gasteiger partial charge in [-0.05, 0) is 67.5 Å². The molecule has 1 aromatic carbocycles. The lowest BCUT2D eigenvalue weighted by molar-refractivity contribution is -0.0244. The molecule has 4 aromatic rings. The van der Waals surface area contributed by atoms with Gasteiger partial charge in [-0.2, -0.15) is 11.8 Å². The van der Waals surface area contributed by atoms with Crippen LogP contribution in [0.3, 0.4) is 0 Å². The topological polar surface area (TPSA) is 129 Å². The van der Waals surface area contributed by atoms with Gasteiger partial charge in [0.1, 0.15) is 30.0 Å². The summed E-state index contributed by atoms with van der Waals surface area (Å²) in [5.41, 5.74) is 9.79. The van der Waals surface area contributed by atoms with E-state index in [1.54, 1.807) is 11.8 Å². The zero-order valence-electron chi connectivity index (χ0n) is 30.6. The van der Waals surface area contributed by atoms with Crippen LogP contribution in [0, 0.1) is 6.92 Å². The van der Waals surface area contributed by atoms with Gasteiger partial charge in [0.05, 0.1) is 17.2 Å². The van der Waals surface area contributed by atoms with Crippen molar-refractivity contribution in [3.05, 3.63) is 48.0 Å². The summed E-state index contributed by atoms with van der Waals surface area (Å²) in [7, 11) is -4.56. The fourth-order valence-corrected chi connectivity index (χ4v) is 9.43. The smallest absolute Gasteiger partial charge is 0.231 e. The van der Waals surface area contributed by atoms with Crippen molar-refractivity contribution in [2.24, 2.45) is 0 Å². The molecule has 0 aliphatic carbocycles. The second-order valence-corrected chi connectivity index (χ2v) is 26.7. The van der Waals surface area contributed by atoms with Gasteiger partial charge in [0.15, 0.2) is 40.1 Å².